The zero-order chi connectivity index (χ0) is 14.1. The predicted octanol–water partition coefficient (Wildman–Crippen LogP) is 2.56. The lowest BCUT2D eigenvalue weighted by atomic mass is 10.2. The number of carbonyl (C=O) groups excluding carboxylic acids is 1. The third-order valence-electron chi connectivity index (χ3n) is 2.55. The number of hydrogen-bond acceptors (Lipinski definition) is 3. The van der Waals surface area contributed by atoms with Crippen molar-refractivity contribution in [1.82, 2.24) is 10.6 Å². The number of aryl methyl sites for hydroxylation is 1. The van der Waals surface area contributed by atoms with Crippen LogP contribution in [0, 0.1) is 6.92 Å². The van der Waals surface area contributed by atoms with Crippen LogP contribution in [0.5, 0.6) is 5.75 Å². The topological polar surface area (TPSA) is 50.4 Å². The van der Waals surface area contributed by atoms with E-state index in [1.807, 2.05) is 13.0 Å². The van der Waals surface area contributed by atoms with E-state index in [2.05, 4.69) is 17.6 Å². The molecule has 114 valence electrons. The van der Waals surface area contributed by atoms with E-state index in [1.165, 1.54) is 0 Å². The number of hydrogen-bond donors (Lipinski definition) is 2. The van der Waals surface area contributed by atoms with Gasteiger partial charge in [0.2, 0.25) is 0 Å². The van der Waals surface area contributed by atoms with Crippen LogP contribution in [0.15, 0.2) is 18.2 Å². The minimum Gasteiger partial charge on any atom is -0.484 e. The standard InChI is InChI=1S/C14H21ClN2O2.ClH/c1-3-6-16-7-8-17-14(18)10-19-12-4-5-13(15)11(2)9-12;/h4-5,9,16H,3,6-8,10H2,1-2H3,(H,17,18);1H. The largest absolute Gasteiger partial charge is 0.484 e. The minimum absolute atomic E-state index is 0. The summed E-state index contributed by atoms with van der Waals surface area (Å²) in [4.78, 5) is 11.5. The van der Waals surface area contributed by atoms with Crippen LogP contribution in [0.2, 0.25) is 5.02 Å². The molecule has 1 aromatic rings. The van der Waals surface area contributed by atoms with E-state index in [0.717, 1.165) is 25.1 Å². The molecule has 1 rings (SSSR count). The molecule has 6 heteroatoms. The van der Waals surface area contributed by atoms with Gasteiger partial charge in [0.1, 0.15) is 5.75 Å². The van der Waals surface area contributed by atoms with Crippen LogP contribution in [0.1, 0.15) is 18.9 Å². The van der Waals surface area contributed by atoms with Gasteiger partial charge < -0.3 is 15.4 Å². The van der Waals surface area contributed by atoms with Gasteiger partial charge in [0.05, 0.1) is 0 Å². The zero-order valence-electron chi connectivity index (χ0n) is 11.9. The first-order valence-electron chi connectivity index (χ1n) is 6.50. The fourth-order valence-corrected chi connectivity index (χ4v) is 1.62. The van der Waals surface area contributed by atoms with Gasteiger partial charge in [-0.15, -0.1) is 12.4 Å². The summed E-state index contributed by atoms with van der Waals surface area (Å²) in [6.45, 7) is 6.38. The molecule has 1 aromatic carbocycles. The van der Waals surface area contributed by atoms with Crippen LogP contribution in [0.4, 0.5) is 0 Å². The normalized spacial score (nSPS) is 9.75. The fourth-order valence-electron chi connectivity index (χ4n) is 1.50. The highest BCUT2D eigenvalue weighted by atomic mass is 35.5. The van der Waals surface area contributed by atoms with Crippen LogP contribution in [-0.2, 0) is 4.79 Å². The van der Waals surface area contributed by atoms with Crippen LogP contribution < -0.4 is 15.4 Å². The number of benzene rings is 1. The second kappa shape index (κ2) is 10.8. The van der Waals surface area contributed by atoms with Gasteiger partial charge in [0.25, 0.3) is 5.91 Å². The average molecular weight is 321 g/mol. The third kappa shape index (κ3) is 7.58. The molecule has 0 atom stereocenters. The lowest BCUT2D eigenvalue weighted by molar-refractivity contribution is -0.123. The van der Waals surface area contributed by atoms with Crippen LogP contribution in [0.25, 0.3) is 0 Å². The van der Waals surface area contributed by atoms with Gasteiger partial charge >= 0.3 is 0 Å². The van der Waals surface area contributed by atoms with Crippen molar-refractivity contribution in [2.24, 2.45) is 0 Å². The van der Waals surface area contributed by atoms with E-state index < -0.39 is 0 Å². The Kier molecular flexibility index (Phi) is 10.3. The first-order chi connectivity index (χ1) is 9.13. The molecule has 0 aliphatic rings. The highest BCUT2D eigenvalue weighted by molar-refractivity contribution is 6.31. The maximum Gasteiger partial charge on any atom is 0.257 e. The highest BCUT2D eigenvalue weighted by Gasteiger charge is 2.03. The van der Waals surface area contributed by atoms with E-state index in [-0.39, 0.29) is 24.9 Å². The summed E-state index contributed by atoms with van der Waals surface area (Å²) in [6.07, 6.45) is 1.09. The number of rotatable bonds is 8. The Morgan fingerprint density at radius 2 is 2.05 bits per heavy atom. The second-order valence-corrected chi connectivity index (χ2v) is 4.71. The zero-order valence-corrected chi connectivity index (χ0v) is 13.4. The minimum atomic E-state index is -0.120. The van der Waals surface area contributed by atoms with Crippen molar-refractivity contribution in [3.05, 3.63) is 28.8 Å². The van der Waals surface area contributed by atoms with Crippen LogP contribution in [0.3, 0.4) is 0 Å². The van der Waals surface area contributed by atoms with E-state index in [0.29, 0.717) is 17.3 Å². The first kappa shape index (κ1) is 19.0. The molecule has 4 nitrogen and oxygen atoms in total. The van der Waals surface area contributed by atoms with Crippen molar-refractivity contribution in [1.29, 1.82) is 0 Å². The van der Waals surface area contributed by atoms with Gasteiger partial charge in [0.15, 0.2) is 6.61 Å². The maximum absolute atomic E-state index is 11.5. The van der Waals surface area contributed by atoms with Gasteiger partial charge in [0, 0.05) is 18.1 Å². The summed E-state index contributed by atoms with van der Waals surface area (Å²) in [7, 11) is 0. The lowest BCUT2D eigenvalue weighted by Gasteiger charge is -2.09. The predicted molar refractivity (Wildman–Crippen MR) is 85.1 cm³/mol. The maximum atomic E-state index is 11.5. The molecule has 2 N–H and O–H groups in total. The molecule has 0 aliphatic carbocycles. The van der Waals surface area contributed by atoms with Gasteiger partial charge in [-0.05, 0) is 43.7 Å². The molecule has 0 heterocycles. The van der Waals surface area contributed by atoms with E-state index in [4.69, 9.17) is 16.3 Å². The van der Waals surface area contributed by atoms with E-state index >= 15 is 0 Å². The van der Waals surface area contributed by atoms with Crippen molar-refractivity contribution >= 4 is 29.9 Å². The molecule has 20 heavy (non-hydrogen) atoms. The van der Waals surface area contributed by atoms with Crippen molar-refractivity contribution in [3.8, 4) is 5.75 Å². The molecule has 0 aromatic heterocycles. The smallest absolute Gasteiger partial charge is 0.257 e. The molecule has 0 bridgehead atoms. The molecule has 0 fully saturated rings. The van der Waals surface area contributed by atoms with Crippen molar-refractivity contribution in [3.63, 3.8) is 0 Å². The lowest BCUT2D eigenvalue weighted by Crippen LogP contribution is -2.35. The molecule has 0 aliphatic heterocycles. The molecule has 0 radical (unpaired) electrons. The Hall–Kier alpha value is -0.970. The van der Waals surface area contributed by atoms with E-state index in [9.17, 15) is 4.79 Å². The number of halogens is 2. The van der Waals surface area contributed by atoms with Crippen LogP contribution >= 0.6 is 24.0 Å². The van der Waals surface area contributed by atoms with Gasteiger partial charge in [-0.25, -0.2) is 0 Å². The second-order valence-electron chi connectivity index (χ2n) is 4.30. The Morgan fingerprint density at radius 3 is 2.70 bits per heavy atom. The Labute approximate surface area is 131 Å². The number of carbonyl (C=O) groups is 1. The molecule has 0 saturated carbocycles. The number of ether oxygens (including phenoxy) is 1. The monoisotopic (exact) mass is 320 g/mol. The molecule has 0 unspecified atom stereocenters. The van der Waals surface area contributed by atoms with Crippen LogP contribution in [-0.4, -0.2) is 32.1 Å². The molecule has 0 saturated heterocycles. The van der Waals surface area contributed by atoms with Crippen molar-refractivity contribution < 1.29 is 9.53 Å². The van der Waals surface area contributed by atoms with Crippen molar-refractivity contribution in [2.45, 2.75) is 20.3 Å². The fraction of sp³-hybridized carbons (Fsp3) is 0.500. The van der Waals surface area contributed by atoms with Gasteiger partial charge in [-0.2, -0.15) is 0 Å². The summed E-state index contributed by atoms with van der Waals surface area (Å²) in [5.74, 6) is 0.534. The van der Waals surface area contributed by atoms with E-state index in [1.54, 1.807) is 12.1 Å². The Balaban J connectivity index is 0.00000361. The summed E-state index contributed by atoms with van der Waals surface area (Å²) in [5, 5.41) is 6.69. The Bertz CT molecular complexity index is 414. The number of nitrogens with one attached hydrogen (secondary N) is 2. The van der Waals surface area contributed by atoms with Gasteiger partial charge in [-0.1, -0.05) is 18.5 Å². The molecular weight excluding hydrogens is 299 g/mol. The van der Waals surface area contributed by atoms with Crippen molar-refractivity contribution in [2.75, 3.05) is 26.2 Å². The average Bonchev–Trinajstić information content (AvgIpc) is 2.40. The quantitative estimate of drug-likeness (QED) is 0.724. The summed E-state index contributed by atoms with van der Waals surface area (Å²) in [6, 6.07) is 5.34. The first-order valence-corrected chi connectivity index (χ1v) is 6.87. The third-order valence-corrected chi connectivity index (χ3v) is 2.97. The SMILES string of the molecule is CCCNCCNC(=O)COc1ccc(Cl)c(C)c1.Cl. The number of amides is 1. The molecular formula is C14H22Cl2N2O2. The molecule has 0 spiro atoms. The summed E-state index contributed by atoms with van der Waals surface area (Å²) in [5.41, 5.74) is 0.934. The molecule has 1 amide bonds. The highest BCUT2D eigenvalue weighted by Crippen LogP contribution is 2.20. The Morgan fingerprint density at radius 1 is 1.30 bits per heavy atom. The summed E-state index contributed by atoms with van der Waals surface area (Å²) >= 11 is 5.91. The summed E-state index contributed by atoms with van der Waals surface area (Å²) < 4.78 is 5.39. The van der Waals surface area contributed by atoms with Gasteiger partial charge in [-0.3, -0.25) is 4.79 Å².